The number of benzene rings is 1. The fourth-order valence-electron chi connectivity index (χ4n) is 1.44. The third kappa shape index (κ3) is 3.73. The zero-order valence-electron chi connectivity index (χ0n) is 11.0. The second-order valence-corrected chi connectivity index (χ2v) is 7.57. The Hall–Kier alpha value is -1.26. The summed E-state index contributed by atoms with van der Waals surface area (Å²) in [5.41, 5.74) is 0.243. The van der Waals surface area contributed by atoms with E-state index in [9.17, 15) is 13.2 Å². The van der Waals surface area contributed by atoms with Crippen LogP contribution >= 0.6 is 34.7 Å². The van der Waals surface area contributed by atoms with Crippen LogP contribution in [0.5, 0.6) is 0 Å². The third-order valence-electron chi connectivity index (χ3n) is 2.59. The minimum atomic E-state index is -3.69. The monoisotopic (exact) mass is 381 g/mol. The van der Waals surface area contributed by atoms with E-state index in [4.69, 9.17) is 27.9 Å². The van der Waals surface area contributed by atoms with Crippen molar-refractivity contribution in [3.8, 4) is 0 Å². The van der Waals surface area contributed by atoms with Gasteiger partial charge in [0.15, 0.2) is 0 Å². The van der Waals surface area contributed by atoms with E-state index in [-0.39, 0.29) is 22.1 Å². The number of nitrogens with one attached hydrogen (secondary N) is 1. The second-order valence-electron chi connectivity index (χ2n) is 3.92. The number of hydrogen-bond acceptors (Lipinski definition) is 7. The van der Waals surface area contributed by atoms with Gasteiger partial charge >= 0.3 is 5.97 Å². The molecule has 0 amide bonds. The van der Waals surface area contributed by atoms with E-state index >= 15 is 0 Å². The van der Waals surface area contributed by atoms with Crippen LogP contribution < -0.4 is 4.72 Å². The van der Waals surface area contributed by atoms with Crippen molar-refractivity contribution in [2.24, 2.45) is 0 Å². The van der Waals surface area contributed by atoms with Crippen LogP contribution in [0.15, 0.2) is 23.1 Å². The van der Waals surface area contributed by atoms with E-state index in [0.29, 0.717) is 10.0 Å². The minimum absolute atomic E-state index is 0.0718. The summed E-state index contributed by atoms with van der Waals surface area (Å²) in [4.78, 5) is 11.9. The topological polar surface area (TPSA) is 98.2 Å². The molecular formula is C11H9Cl2N3O4S2. The van der Waals surface area contributed by atoms with Crippen molar-refractivity contribution < 1.29 is 17.9 Å². The molecule has 0 saturated heterocycles. The summed E-state index contributed by atoms with van der Waals surface area (Å²) in [5, 5.41) is 3.77. The summed E-state index contributed by atoms with van der Waals surface area (Å²) >= 11 is 12.7. The number of rotatable bonds is 5. The smallest absolute Gasteiger partial charge is 0.340 e. The van der Waals surface area contributed by atoms with Crippen LogP contribution in [0.25, 0.3) is 0 Å². The Labute approximate surface area is 140 Å². The maximum Gasteiger partial charge on any atom is 0.340 e. The number of carbonyl (C=O) groups excluding carboxylic acids is 1. The van der Waals surface area contributed by atoms with Crippen LogP contribution in [0.1, 0.15) is 16.1 Å². The first-order valence-corrected chi connectivity index (χ1v) is 8.73. The van der Waals surface area contributed by atoms with Gasteiger partial charge in [0.1, 0.15) is 16.6 Å². The average molecular weight is 382 g/mol. The molecule has 118 valence electrons. The number of aromatic nitrogens is 2. The largest absolute Gasteiger partial charge is 0.455 e. The van der Waals surface area contributed by atoms with Crippen molar-refractivity contribution in [1.29, 1.82) is 0 Å². The molecule has 22 heavy (non-hydrogen) atoms. The summed E-state index contributed by atoms with van der Waals surface area (Å²) < 4.78 is 34.5. The molecule has 7 nitrogen and oxygen atoms in total. The van der Waals surface area contributed by atoms with Crippen LogP contribution in [0, 0.1) is 0 Å². The first kappa shape index (κ1) is 17.1. The van der Waals surface area contributed by atoms with Crippen molar-refractivity contribution in [3.63, 3.8) is 0 Å². The zero-order chi connectivity index (χ0) is 16.3. The summed E-state index contributed by atoms with van der Waals surface area (Å²) in [5.74, 6) is -0.790. The van der Waals surface area contributed by atoms with Gasteiger partial charge in [0, 0.05) is 11.5 Å². The molecule has 2 rings (SSSR count). The molecule has 1 aromatic heterocycles. The Morgan fingerprint density at radius 3 is 2.73 bits per heavy atom. The molecule has 2 aromatic rings. The summed E-state index contributed by atoms with van der Waals surface area (Å²) in [6.45, 7) is -0.187. The predicted octanol–water partition coefficient (Wildman–Crippen LogP) is 2.11. The van der Waals surface area contributed by atoms with Crippen LogP contribution in [-0.2, 0) is 21.4 Å². The molecule has 11 heteroatoms. The zero-order valence-corrected chi connectivity index (χ0v) is 14.2. The fraction of sp³-hybridized carbons (Fsp3) is 0.182. The van der Waals surface area contributed by atoms with E-state index in [1.54, 1.807) is 0 Å². The van der Waals surface area contributed by atoms with Gasteiger partial charge in [-0.2, -0.15) is 0 Å². The maximum absolute atomic E-state index is 12.0. The molecule has 0 atom stereocenters. The summed E-state index contributed by atoms with van der Waals surface area (Å²) in [6.07, 6.45) is 0. The highest BCUT2D eigenvalue weighted by Gasteiger charge is 2.19. The Bertz CT molecular complexity index is 807. The fourth-order valence-corrected chi connectivity index (χ4v) is 2.99. The van der Waals surface area contributed by atoms with Gasteiger partial charge in [0.2, 0.25) is 10.0 Å². The van der Waals surface area contributed by atoms with Gasteiger partial charge in [0.25, 0.3) is 0 Å². The Balaban J connectivity index is 2.22. The Morgan fingerprint density at radius 2 is 2.14 bits per heavy atom. The standard InChI is InChI=1S/C11H9Cl2N3O4S2/c1-14-22(18,19)6-2-3-8(12)7(4-6)11(17)20-5-9-10(13)21-16-15-9/h2-4,14H,5H2,1H3. The lowest BCUT2D eigenvalue weighted by atomic mass is 10.2. The lowest BCUT2D eigenvalue weighted by Gasteiger charge is -2.08. The second kappa shape index (κ2) is 6.88. The van der Waals surface area contributed by atoms with Crippen LogP contribution in [-0.4, -0.2) is 31.0 Å². The van der Waals surface area contributed by atoms with Gasteiger partial charge in [0.05, 0.1) is 15.5 Å². The predicted molar refractivity (Wildman–Crippen MR) is 81.7 cm³/mol. The van der Waals surface area contributed by atoms with Gasteiger partial charge in [-0.15, -0.1) is 5.10 Å². The normalized spacial score (nSPS) is 11.4. The number of nitrogens with zero attached hydrogens (tertiary/aromatic N) is 2. The number of sulfonamides is 1. The minimum Gasteiger partial charge on any atom is -0.455 e. The molecule has 0 spiro atoms. The lowest BCUT2D eigenvalue weighted by Crippen LogP contribution is -2.19. The number of esters is 1. The van der Waals surface area contributed by atoms with Crippen LogP contribution in [0.3, 0.4) is 0 Å². The summed E-state index contributed by atoms with van der Waals surface area (Å²) in [7, 11) is -2.43. The van der Waals surface area contributed by atoms with E-state index in [1.807, 2.05) is 0 Å². The molecule has 1 heterocycles. The van der Waals surface area contributed by atoms with Crippen molar-refractivity contribution in [3.05, 3.63) is 38.8 Å². The molecule has 0 saturated carbocycles. The first-order valence-electron chi connectivity index (χ1n) is 5.72. The molecule has 0 aliphatic rings. The van der Waals surface area contributed by atoms with Crippen LogP contribution in [0.4, 0.5) is 0 Å². The Morgan fingerprint density at radius 1 is 1.41 bits per heavy atom. The average Bonchev–Trinajstić information content (AvgIpc) is 2.90. The molecule has 1 N–H and O–H groups in total. The van der Waals surface area contributed by atoms with Gasteiger partial charge in [-0.3, -0.25) is 0 Å². The number of halogens is 2. The first-order chi connectivity index (χ1) is 10.3. The SMILES string of the molecule is CNS(=O)(=O)c1ccc(Cl)c(C(=O)OCc2nnsc2Cl)c1. The highest BCUT2D eigenvalue weighted by Crippen LogP contribution is 2.23. The van der Waals surface area contributed by atoms with Crippen molar-refractivity contribution in [2.45, 2.75) is 11.5 Å². The lowest BCUT2D eigenvalue weighted by molar-refractivity contribution is 0.0468. The number of ether oxygens (including phenoxy) is 1. The molecule has 0 aliphatic carbocycles. The third-order valence-corrected chi connectivity index (χ3v) is 5.31. The Kier molecular flexibility index (Phi) is 5.35. The highest BCUT2D eigenvalue weighted by atomic mass is 35.5. The van der Waals surface area contributed by atoms with Crippen molar-refractivity contribution in [1.82, 2.24) is 14.3 Å². The molecule has 0 bridgehead atoms. The highest BCUT2D eigenvalue weighted by molar-refractivity contribution is 7.89. The van der Waals surface area contributed by atoms with E-state index in [0.717, 1.165) is 17.6 Å². The van der Waals surface area contributed by atoms with E-state index in [1.165, 1.54) is 19.2 Å². The molecule has 0 aliphatic heterocycles. The molecule has 0 unspecified atom stereocenters. The van der Waals surface area contributed by atoms with Crippen molar-refractivity contribution >= 4 is 50.7 Å². The number of hydrogen-bond donors (Lipinski definition) is 1. The van der Waals surface area contributed by atoms with Gasteiger partial charge in [-0.25, -0.2) is 17.9 Å². The molecule has 1 aromatic carbocycles. The van der Waals surface area contributed by atoms with Gasteiger partial charge in [-0.05, 0) is 25.2 Å². The van der Waals surface area contributed by atoms with Gasteiger partial charge in [-0.1, -0.05) is 27.7 Å². The summed E-state index contributed by atoms with van der Waals surface area (Å²) in [6, 6.07) is 3.73. The molecule has 0 fully saturated rings. The van der Waals surface area contributed by atoms with Crippen LogP contribution in [0.2, 0.25) is 9.36 Å². The molecule has 0 radical (unpaired) electrons. The molecular weight excluding hydrogens is 373 g/mol. The number of carbonyl (C=O) groups is 1. The van der Waals surface area contributed by atoms with Gasteiger partial charge < -0.3 is 4.74 Å². The van der Waals surface area contributed by atoms with E-state index < -0.39 is 16.0 Å². The van der Waals surface area contributed by atoms with Crippen molar-refractivity contribution in [2.75, 3.05) is 7.05 Å². The maximum atomic E-state index is 12.0. The quantitative estimate of drug-likeness (QED) is 0.796. The van der Waals surface area contributed by atoms with E-state index in [2.05, 4.69) is 14.3 Å².